The standard InChI is InChI=1S/C16H28N2O/c1-5-13(4)11-18(6-2)12-14-10-15(17)8-9-16(14)19-7-3/h8-10,13H,5-7,11-12,17H2,1-4H3. The van der Waals surface area contributed by atoms with Gasteiger partial charge in [0.05, 0.1) is 6.61 Å². The maximum absolute atomic E-state index is 5.89. The van der Waals surface area contributed by atoms with Crippen molar-refractivity contribution in [3.8, 4) is 5.75 Å². The number of hydrogen-bond donors (Lipinski definition) is 1. The van der Waals surface area contributed by atoms with E-state index in [2.05, 4.69) is 25.7 Å². The van der Waals surface area contributed by atoms with Crippen molar-refractivity contribution in [2.45, 2.75) is 40.7 Å². The van der Waals surface area contributed by atoms with Crippen LogP contribution in [0.5, 0.6) is 5.75 Å². The highest BCUT2D eigenvalue weighted by Crippen LogP contribution is 2.23. The summed E-state index contributed by atoms with van der Waals surface area (Å²) in [5, 5.41) is 0. The predicted octanol–water partition coefficient (Wildman–Crippen LogP) is 3.54. The fourth-order valence-corrected chi connectivity index (χ4v) is 2.14. The zero-order chi connectivity index (χ0) is 14.3. The summed E-state index contributed by atoms with van der Waals surface area (Å²) in [7, 11) is 0. The van der Waals surface area contributed by atoms with E-state index < -0.39 is 0 Å². The second-order valence-electron chi connectivity index (χ2n) is 5.14. The van der Waals surface area contributed by atoms with Crippen LogP contribution in [0, 0.1) is 5.92 Å². The minimum Gasteiger partial charge on any atom is -0.494 e. The monoisotopic (exact) mass is 264 g/mol. The van der Waals surface area contributed by atoms with Crippen LogP contribution in [0.25, 0.3) is 0 Å². The third-order valence-electron chi connectivity index (χ3n) is 3.49. The first-order valence-electron chi connectivity index (χ1n) is 7.34. The number of benzene rings is 1. The van der Waals surface area contributed by atoms with Crippen molar-refractivity contribution in [1.82, 2.24) is 4.90 Å². The average molecular weight is 264 g/mol. The topological polar surface area (TPSA) is 38.5 Å². The number of ether oxygens (including phenoxy) is 1. The second kappa shape index (κ2) is 8.05. The molecule has 1 rings (SSSR count). The Labute approximate surface area is 117 Å². The van der Waals surface area contributed by atoms with Gasteiger partial charge in [-0.1, -0.05) is 27.2 Å². The van der Waals surface area contributed by atoms with Crippen molar-refractivity contribution in [2.75, 3.05) is 25.4 Å². The highest BCUT2D eigenvalue weighted by molar-refractivity contribution is 5.47. The molecule has 0 aliphatic heterocycles. The lowest BCUT2D eigenvalue weighted by Crippen LogP contribution is -2.28. The zero-order valence-electron chi connectivity index (χ0n) is 12.8. The minimum absolute atomic E-state index is 0.689. The lowest BCUT2D eigenvalue weighted by atomic mass is 10.1. The molecule has 108 valence electrons. The van der Waals surface area contributed by atoms with Crippen molar-refractivity contribution < 1.29 is 4.74 Å². The SMILES string of the molecule is CCOc1ccc(N)cc1CN(CC)CC(C)CC. The number of nitrogens with two attached hydrogens (primary N) is 1. The van der Waals surface area contributed by atoms with Crippen LogP contribution in [0.3, 0.4) is 0 Å². The molecule has 19 heavy (non-hydrogen) atoms. The molecule has 1 aromatic carbocycles. The highest BCUT2D eigenvalue weighted by atomic mass is 16.5. The van der Waals surface area contributed by atoms with Crippen LogP contribution in [0.4, 0.5) is 5.69 Å². The molecule has 0 fully saturated rings. The molecule has 3 heteroatoms. The van der Waals surface area contributed by atoms with E-state index in [9.17, 15) is 0 Å². The van der Waals surface area contributed by atoms with Gasteiger partial charge in [0.1, 0.15) is 5.75 Å². The molecular weight excluding hydrogens is 236 g/mol. The maximum Gasteiger partial charge on any atom is 0.123 e. The summed E-state index contributed by atoms with van der Waals surface area (Å²) in [5.41, 5.74) is 7.88. The maximum atomic E-state index is 5.89. The van der Waals surface area contributed by atoms with Crippen LogP contribution >= 0.6 is 0 Å². The summed E-state index contributed by atoms with van der Waals surface area (Å²) in [6, 6.07) is 5.91. The molecule has 1 aromatic rings. The Morgan fingerprint density at radius 3 is 2.58 bits per heavy atom. The molecule has 0 saturated heterocycles. The molecule has 1 atom stereocenters. The Morgan fingerprint density at radius 2 is 2.00 bits per heavy atom. The van der Waals surface area contributed by atoms with E-state index in [-0.39, 0.29) is 0 Å². The quantitative estimate of drug-likeness (QED) is 0.730. The van der Waals surface area contributed by atoms with Gasteiger partial charge in [-0.3, -0.25) is 4.90 Å². The smallest absolute Gasteiger partial charge is 0.123 e. The summed E-state index contributed by atoms with van der Waals surface area (Å²) in [6.45, 7) is 12.5. The Kier molecular flexibility index (Phi) is 6.71. The molecular formula is C16H28N2O. The van der Waals surface area contributed by atoms with E-state index in [0.29, 0.717) is 6.61 Å². The van der Waals surface area contributed by atoms with Crippen molar-refractivity contribution in [3.05, 3.63) is 23.8 Å². The van der Waals surface area contributed by atoms with Gasteiger partial charge in [-0.25, -0.2) is 0 Å². The normalized spacial score (nSPS) is 12.7. The van der Waals surface area contributed by atoms with Gasteiger partial charge in [-0.15, -0.1) is 0 Å². The van der Waals surface area contributed by atoms with Crippen molar-refractivity contribution in [3.63, 3.8) is 0 Å². The summed E-state index contributed by atoms with van der Waals surface area (Å²) in [4.78, 5) is 2.45. The lowest BCUT2D eigenvalue weighted by Gasteiger charge is -2.25. The fraction of sp³-hybridized carbons (Fsp3) is 0.625. The van der Waals surface area contributed by atoms with Gasteiger partial charge in [-0.05, 0) is 37.6 Å². The first-order valence-corrected chi connectivity index (χ1v) is 7.34. The third kappa shape index (κ3) is 5.11. The Balaban J connectivity index is 2.79. The minimum atomic E-state index is 0.689. The van der Waals surface area contributed by atoms with Crippen LogP contribution in [0.1, 0.15) is 39.7 Å². The summed E-state index contributed by atoms with van der Waals surface area (Å²) in [6.07, 6.45) is 1.21. The van der Waals surface area contributed by atoms with E-state index in [0.717, 1.165) is 37.0 Å². The molecule has 0 radical (unpaired) electrons. The van der Waals surface area contributed by atoms with Crippen molar-refractivity contribution in [2.24, 2.45) is 5.92 Å². The molecule has 0 aromatic heterocycles. The Morgan fingerprint density at radius 1 is 1.26 bits per heavy atom. The van der Waals surface area contributed by atoms with Crippen molar-refractivity contribution >= 4 is 5.69 Å². The van der Waals surface area contributed by atoms with E-state index in [1.54, 1.807) is 0 Å². The molecule has 1 unspecified atom stereocenters. The van der Waals surface area contributed by atoms with Crippen LogP contribution in [-0.4, -0.2) is 24.6 Å². The van der Waals surface area contributed by atoms with E-state index in [4.69, 9.17) is 10.5 Å². The molecule has 0 aliphatic rings. The number of anilines is 1. The number of hydrogen-bond acceptors (Lipinski definition) is 3. The summed E-state index contributed by atoms with van der Waals surface area (Å²) >= 11 is 0. The fourth-order valence-electron chi connectivity index (χ4n) is 2.14. The summed E-state index contributed by atoms with van der Waals surface area (Å²) in [5.74, 6) is 1.68. The molecule has 0 bridgehead atoms. The second-order valence-corrected chi connectivity index (χ2v) is 5.14. The number of rotatable bonds is 8. The Bertz CT molecular complexity index is 379. The molecule has 0 aliphatic carbocycles. The number of nitrogens with zero attached hydrogens (tertiary/aromatic N) is 1. The third-order valence-corrected chi connectivity index (χ3v) is 3.49. The summed E-state index contributed by atoms with van der Waals surface area (Å²) < 4.78 is 5.69. The van der Waals surface area contributed by atoms with Crippen LogP contribution in [0.15, 0.2) is 18.2 Å². The van der Waals surface area contributed by atoms with Gasteiger partial charge in [0.25, 0.3) is 0 Å². The average Bonchev–Trinajstić information content (AvgIpc) is 2.40. The van der Waals surface area contributed by atoms with E-state index in [1.165, 1.54) is 12.0 Å². The van der Waals surface area contributed by atoms with Crippen LogP contribution in [0.2, 0.25) is 0 Å². The van der Waals surface area contributed by atoms with Gasteiger partial charge in [0.15, 0.2) is 0 Å². The first-order chi connectivity index (χ1) is 9.10. The first kappa shape index (κ1) is 15.8. The van der Waals surface area contributed by atoms with E-state index >= 15 is 0 Å². The zero-order valence-corrected chi connectivity index (χ0v) is 12.8. The molecule has 0 heterocycles. The van der Waals surface area contributed by atoms with E-state index in [1.807, 2.05) is 25.1 Å². The molecule has 3 nitrogen and oxygen atoms in total. The Hall–Kier alpha value is -1.22. The molecule has 0 spiro atoms. The van der Waals surface area contributed by atoms with Crippen molar-refractivity contribution in [1.29, 1.82) is 0 Å². The van der Waals surface area contributed by atoms with Gasteiger partial charge >= 0.3 is 0 Å². The highest BCUT2D eigenvalue weighted by Gasteiger charge is 2.11. The van der Waals surface area contributed by atoms with Crippen LogP contribution in [-0.2, 0) is 6.54 Å². The number of nitrogen functional groups attached to an aromatic ring is 1. The van der Waals surface area contributed by atoms with Gasteiger partial charge in [-0.2, -0.15) is 0 Å². The molecule has 2 N–H and O–H groups in total. The largest absolute Gasteiger partial charge is 0.494 e. The molecule has 0 amide bonds. The van der Waals surface area contributed by atoms with Gasteiger partial charge < -0.3 is 10.5 Å². The van der Waals surface area contributed by atoms with Gasteiger partial charge in [0, 0.05) is 24.3 Å². The molecule has 0 saturated carbocycles. The van der Waals surface area contributed by atoms with Gasteiger partial charge in [0.2, 0.25) is 0 Å². The van der Waals surface area contributed by atoms with Crippen LogP contribution < -0.4 is 10.5 Å². The predicted molar refractivity (Wildman–Crippen MR) is 82.4 cm³/mol. The lowest BCUT2D eigenvalue weighted by molar-refractivity contribution is 0.233.